The van der Waals surface area contributed by atoms with Crippen LogP contribution in [0.3, 0.4) is 0 Å². The van der Waals surface area contributed by atoms with Crippen molar-refractivity contribution in [1.82, 2.24) is 4.90 Å². The maximum Gasteiger partial charge on any atom is 0.248 e. The third-order valence-corrected chi connectivity index (χ3v) is 3.83. The van der Waals surface area contributed by atoms with Gasteiger partial charge in [-0.1, -0.05) is 19.3 Å². The number of carbonyl (C=O) groups is 1. The second-order valence-electron chi connectivity index (χ2n) is 5.41. The van der Waals surface area contributed by atoms with Gasteiger partial charge < -0.3 is 20.1 Å². The molecule has 0 spiro atoms. The first kappa shape index (κ1) is 13.8. The van der Waals surface area contributed by atoms with E-state index in [4.69, 9.17) is 15.2 Å². The molecule has 0 aromatic heterocycles. The Bertz CT molecular complexity index is 271. The summed E-state index contributed by atoms with van der Waals surface area (Å²) in [4.78, 5) is 13.6. The first-order chi connectivity index (χ1) is 8.70. The molecule has 2 N–H and O–H groups in total. The van der Waals surface area contributed by atoms with Crippen molar-refractivity contribution in [3.05, 3.63) is 0 Å². The molecular formula is C13H24N2O3. The molecule has 0 bridgehead atoms. The van der Waals surface area contributed by atoms with Crippen LogP contribution in [0.25, 0.3) is 0 Å². The summed E-state index contributed by atoms with van der Waals surface area (Å²) in [7, 11) is 0. The molecule has 5 heteroatoms. The number of hydrogen-bond acceptors (Lipinski definition) is 4. The molecule has 5 nitrogen and oxygen atoms in total. The van der Waals surface area contributed by atoms with Crippen molar-refractivity contribution in [3.63, 3.8) is 0 Å². The molecule has 1 aliphatic carbocycles. The molecule has 1 saturated heterocycles. The normalized spacial score (nSPS) is 23.9. The molecule has 0 aromatic carbocycles. The lowest BCUT2D eigenvalue weighted by atomic mass is 9.83. The van der Waals surface area contributed by atoms with E-state index in [0.29, 0.717) is 32.9 Å². The summed E-state index contributed by atoms with van der Waals surface area (Å²) < 4.78 is 10.7. The fourth-order valence-electron chi connectivity index (χ4n) is 2.65. The fourth-order valence-corrected chi connectivity index (χ4v) is 2.65. The van der Waals surface area contributed by atoms with E-state index in [-0.39, 0.29) is 18.1 Å². The zero-order valence-electron chi connectivity index (χ0n) is 11.0. The first-order valence-corrected chi connectivity index (χ1v) is 6.92. The summed E-state index contributed by atoms with van der Waals surface area (Å²) in [6, 6.07) is 0. The molecule has 2 fully saturated rings. The Morgan fingerprint density at radius 2 is 1.89 bits per heavy atom. The molecule has 1 amide bonds. The Morgan fingerprint density at radius 3 is 2.56 bits per heavy atom. The van der Waals surface area contributed by atoms with E-state index in [1.54, 1.807) is 4.90 Å². The summed E-state index contributed by atoms with van der Waals surface area (Å²) in [6.07, 6.45) is 5.65. The Kier molecular flexibility index (Phi) is 4.97. The molecule has 0 atom stereocenters. The predicted molar refractivity (Wildman–Crippen MR) is 68.2 cm³/mol. The van der Waals surface area contributed by atoms with Gasteiger partial charge in [-0.15, -0.1) is 0 Å². The van der Waals surface area contributed by atoms with Crippen LogP contribution in [0, 0.1) is 0 Å². The molecule has 18 heavy (non-hydrogen) atoms. The number of amides is 1. The number of nitrogens with two attached hydrogens (primary N) is 1. The van der Waals surface area contributed by atoms with Crippen molar-refractivity contribution < 1.29 is 14.3 Å². The molecule has 0 radical (unpaired) electrons. The predicted octanol–water partition coefficient (Wildman–Crippen LogP) is 0.523. The average molecular weight is 256 g/mol. The maximum absolute atomic E-state index is 11.8. The monoisotopic (exact) mass is 256 g/mol. The summed E-state index contributed by atoms with van der Waals surface area (Å²) >= 11 is 0. The molecule has 0 unspecified atom stereocenters. The van der Waals surface area contributed by atoms with Gasteiger partial charge in [-0.25, -0.2) is 0 Å². The van der Waals surface area contributed by atoms with Crippen molar-refractivity contribution in [2.45, 2.75) is 37.6 Å². The number of rotatable bonds is 4. The number of nitrogens with zero attached hydrogens (tertiary/aromatic N) is 1. The lowest BCUT2D eigenvalue weighted by Crippen LogP contribution is -2.47. The molecular weight excluding hydrogens is 232 g/mol. The van der Waals surface area contributed by atoms with Crippen LogP contribution in [0.2, 0.25) is 0 Å². The van der Waals surface area contributed by atoms with E-state index in [1.807, 2.05) is 0 Å². The van der Waals surface area contributed by atoms with Crippen molar-refractivity contribution >= 4 is 5.91 Å². The summed E-state index contributed by atoms with van der Waals surface area (Å²) in [5, 5.41) is 0. The molecule has 1 aliphatic heterocycles. The van der Waals surface area contributed by atoms with Crippen LogP contribution in [0.5, 0.6) is 0 Å². The van der Waals surface area contributed by atoms with Gasteiger partial charge in [0.2, 0.25) is 5.91 Å². The summed E-state index contributed by atoms with van der Waals surface area (Å²) in [6.45, 7) is 3.27. The van der Waals surface area contributed by atoms with Crippen molar-refractivity contribution in [2.75, 3.05) is 39.5 Å². The Hall–Kier alpha value is -0.650. The van der Waals surface area contributed by atoms with Crippen LogP contribution in [0.15, 0.2) is 0 Å². The van der Waals surface area contributed by atoms with Crippen LogP contribution in [-0.4, -0.2) is 55.9 Å². The van der Waals surface area contributed by atoms with E-state index in [9.17, 15) is 4.79 Å². The van der Waals surface area contributed by atoms with Crippen LogP contribution in [0.4, 0.5) is 0 Å². The van der Waals surface area contributed by atoms with Crippen molar-refractivity contribution in [3.8, 4) is 0 Å². The van der Waals surface area contributed by atoms with Gasteiger partial charge in [0.15, 0.2) is 0 Å². The number of ether oxygens (including phenoxy) is 2. The van der Waals surface area contributed by atoms with Gasteiger partial charge in [0.1, 0.15) is 6.61 Å². The topological polar surface area (TPSA) is 64.8 Å². The van der Waals surface area contributed by atoms with Crippen LogP contribution in [0.1, 0.15) is 32.1 Å². The highest BCUT2D eigenvalue weighted by Crippen LogP contribution is 2.25. The second-order valence-corrected chi connectivity index (χ2v) is 5.41. The highest BCUT2D eigenvalue weighted by Gasteiger charge is 2.28. The molecule has 2 aliphatic rings. The lowest BCUT2D eigenvalue weighted by molar-refractivity contribution is -0.140. The zero-order valence-corrected chi connectivity index (χ0v) is 11.0. The number of morpholine rings is 1. The standard InChI is InChI=1S/C13H24N2O3/c14-13(4-2-1-3-5-13)11-18-10-12(16)15-6-8-17-9-7-15/h1-11,14H2. The Morgan fingerprint density at radius 1 is 1.22 bits per heavy atom. The van der Waals surface area contributed by atoms with Gasteiger partial charge in [-0.3, -0.25) is 4.79 Å². The van der Waals surface area contributed by atoms with Gasteiger partial charge >= 0.3 is 0 Å². The van der Waals surface area contributed by atoms with E-state index < -0.39 is 0 Å². The van der Waals surface area contributed by atoms with E-state index in [1.165, 1.54) is 19.3 Å². The molecule has 2 rings (SSSR count). The van der Waals surface area contributed by atoms with Gasteiger partial charge in [0, 0.05) is 18.6 Å². The van der Waals surface area contributed by atoms with Crippen LogP contribution in [-0.2, 0) is 14.3 Å². The molecule has 1 saturated carbocycles. The zero-order chi connectivity index (χ0) is 12.8. The van der Waals surface area contributed by atoms with E-state index >= 15 is 0 Å². The summed E-state index contributed by atoms with van der Waals surface area (Å²) in [5.74, 6) is 0.0534. The average Bonchev–Trinajstić information content (AvgIpc) is 2.40. The number of carbonyl (C=O) groups excluding carboxylic acids is 1. The third kappa shape index (κ3) is 3.93. The van der Waals surface area contributed by atoms with Crippen LogP contribution >= 0.6 is 0 Å². The SMILES string of the molecule is NC1(COCC(=O)N2CCOCC2)CCCCC1. The van der Waals surface area contributed by atoms with Crippen molar-refractivity contribution in [1.29, 1.82) is 0 Å². The minimum atomic E-state index is -0.205. The minimum Gasteiger partial charge on any atom is -0.378 e. The smallest absolute Gasteiger partial charge is 0.248 e. The maximum atomic E-state index is 11.8. The van der Waals surface area contributed by atoms with Gasteiger partial charge in [-0.05, 0) is 12.8 Å². The summed E-state index contributed by atoms with van der Waals surface area (Å²) in [5.41, 5.74) is 6.05. The van der Waals surface area contributed by atoms with E-state index in [0.717, 1.165) is 12.8 Å². The highest BCUT2D eigenvalue weighted by atomic mass is 16.5. The van der Waals surface area contributed by atoms with Gasteiger partial charge in [-0.2, -0.15) is 0 Å². The van der Waals surface area contributed by atoms with Crippen molar-refractivity contribution in [2.24, 2.45) is 5.73 Å². The molecule has 104 valence electrons. The van der Waals surface area contributed by atoms with E-state index in [2.05, 4.69) is 0 Å². The Balaban J connectivity index is 1.66. The van der Waals surface area contributed by atoms with Crippen LogP contribution < -0.4 is 5.73 Å². The van der Waals surface area contributed by atoms with Gasteiger partial charge in [0.05, 0.1) is 19.8 Å². The highest BCUT2D eigenvalue weighted by molar-refractivity contribution is 5.77. The molecule has 1 heterocycles. The minimum absolute atomic E-state index is 0.0534. The Labute approximate surface area is 109 Å². The fraction of sp³-hybridized carbons (Fsp3) is 0.923. The first-order valence-electron chi connectivity index (χ1n) is 6.92. The quantitative estimate of drug-likeness (QED) is 0.796. The third-order valence-electron chi connectivity index (χ3n) is 3.83. The lowest BCUT2D eigenvalue weighted by Gasteiger charge is -2.33. The number of hydrogen-bond donors (Lipinski definition) is 1. The largest absolute Gasteiger partial charge is 0.378 e. The van der Waals surface area contributed by atoms with Gasteiger partial charge in [0.25, 0.3) is 0 Å². The second kappa shape index (κ2) is 6.50. The molecule has 0 aromatic rings.